The van der Waals surface area contributed by atoms with Crippen LogP contribution in [0.4, 0.5) is 8.78 Å². The van der Waals surface area contributed by atoms with E-state index in [0.717, 1.165) is 38.1 Å². The molecule has 1 unspecified atom stereocenters. The van der Waals surface area contributed by atoms with Crippen molar-refractivity contribution < 1.29 is 13.9 Å². The van der Waals surface area contributed by atoms with Gasteiger partial charge in [-0.25, -0.2) is 8.78 Å². The number of halogens is 2. The number of aliphatic hydroxyl groups is 1. The summed E-state index contributed by atoms with van der Waals surface area (Å²) in [5.41, 5.74) is 0.351. The Kier molecular flexibility index (Phi) is 3.74. The highest BCUT2D eigenvalue weighted by Gasteiger charge is 2.25. The summed E-state index contributed by atoms with van der Waals surface area (Å²) in [6, 6.07) is 2.27. The fraction of sp³-hybridized carbons (Fsp3) is 0.538. The lowest BCUT2D eigenvalue weighted by molar-refractivity contribution is 0.0853. The van der Waals surface area contributed by atoms with Gasteiger partial charge in [0.1, 0.15) is 11.6 Å². The SMILES string of the molecule is Cc1cc(F)c(C(O)C2CCNCC2)cc1F. The maximum absolute atomic E-state index is 13.7. The number of benzene rings is 1. The van der Waals surface area contributed by atoms with Crippen LogP contribution in [0.5, 0.6) is 0 Å². The molecule has 1 heterocycles. The summed E-state index contributed by atoms with van der Waals surface area (Å²) >= 11 is 0. The lowest BCUT2D eigenvalue weighted by atomic mass is 9.87. The molecule has 2 N–H and O–H groups in total. The molecule has 1 atom stereocenters. The fourth-order valence-electron chi connectivity index (χ4n) is 2.30. The van der Waals surface area contributed by atoms with Crippen molar-refractivity contribution in [2.75, 3.05) is 13.1 Å². The highest BCUT2D eigenvalue weighted by molar-refractivity contribution is 5.27. The van der Waals surface area contributed by atoms with E-state index in [9.17, 15) is 13.9 Å². The monoisotopic (exact) mass is 241 g/mol. The molecule has 4 heteroatoms. The summed E-state index contributed by atoms with van der Waals surface area (Å²) in [4.78, 5) is 0. The minimum Gasteiger partial charge on any atom is -0.388 e. The second kappa shape index (κ2) is 5.10. The highest BCUT2D eigenvalue weighted by atomic mass is 19.1. The van der Waals surface area contributed by atoms with Crippen molar-refractivity contribution in [1.29, 1.82) is 0 Å². The maximum atomic E-state index is 13.7. The molecule has 0 aliphatic carbocycles. The molecule has 94 valence electrons. The highest BCUT2D eigenvalue weighted by Crippen LogP contribution is 2.31. The topological polar surface area (TPSA) is 32.3 Å². The van der Waals surface area contributed by atoms with Gasteiger partial charge in [-0.1, -0.05) is 0 Å². The van der Waals surface area contributed by atoms with Crippen molar-refractivity contribution in [2.24, 2.45) is 5.92 Å². The predicted molar refractivity (Wildman–Crippen MR) is 61.6 cm³/mol. The number of hydrogen-bond acceptors (Lipinski definition) is 2. The molecule has 1 aliphatic rings. The summed E-state index contributed by atoms with van der Waals surface area (Å²) in [5.74, 6) is -0.975. The smallest absolute Gasteiger partial charge is 0.129 e. The van der Waals surface area contributed by atoms with Crippen LogP contribution in [0.15, 0.2) is 12.1 Å². The number of nitrogens with one attached hydrogen (secondary N) is 1. The van der Waals surface area contributed by atoms with E-state index in [0.29, 0.717) is 0 Å². The van der Waals surface area contributed by atoms with Crippen LogP contribution < -0.4 is 5.32 Å². The van der Waals surface area contributed by atoms with E-state index in [2.05, 4.69) is 5.32 Å². The third kappa shape index (κ3) is 2.64. The zero-order valence-corrected chi connectivity index (χ0v) is 9.84. The van der Waals surface area contributed by atoms with Crippen molar-refractivity contribution in [3.63, 3.8) is 0 Å². The Labute approximate surface area is 99.7 Å². The van der Waals surface area contributed by atoms with Crippen LogP contribution in [-0.2, 0) is 0 Å². The molecule has 1 saturated heterocycles. The molecule has 1 aliphatic heterocycles. The largest absolute Gasteiger partial charge is 0.388 e. The molecule has 0 bridgehead atoms. The van der Waals surface area contributed by atoms with E-state index in [-0.39, 0.29) is 17.0 Å². The van der Waals surface area contributed by atoms with Crippen molar-refractivity contribution in [3.05, 3.63) is 34.9 Å². The fourth-order valence-corrected chi connectivity index (χ4v) is 2.30. The first-order chi connectivity index (χ1) is 8.09. The second-order valence-electron chi connectivity index (χ2n) is 4.66. The van der Waals surface area contributed by atoms with Gasteiger partial charge in [0.25, 0.3) is 0 Å². The molecule has 0 saturated carbocycles. The van der Waals surface area contributed by atoms with Gasteiger partial charge in [-0.2, -0.15) is 0 Å². The van der Waals surface area contributed by atoms with Gasteiger partial charge in [-0.3, -0.25) is 0 Å². The molecule has 0 radical (unpaired) electrons. The van der Waals surface area contributed by atoms with E-state index in [4.69, 9.17) is 0 Å². The molecule has 2 nitrogen and oxygen atoms in total. The zero-order chi connectivity index (χ0) is 12.4. The molecule has 1 fully saturated rings. The van der Waals surface area contributed by atoms with Gasteiger partial charge < -0.3 is 10.4 Å². The number of piperidine rings is 1. The van der Waals surface area contributed by atoms with Gasteiger partial charge in [0.15, 0.2) is 0 Å². The van der Waals surface area contributed by atoms with Crippen LogP contribution in [0.25, 0.3) is 0 Å². The van der Waals surface area contributed by atoms with Crippen molar-refractivity contribution >= 4 is 0 Å². The molecule has 2 rings (SSSR count). The maximum Gasteiger partial charge on any atom is 0.129 e. The van der Waals surface area contributed by atoms with Crippen LogP contribution in [0, 0.1) is 24.5 Å². The first-order valence-electron chi connectivity index (χ1n) is 5.94. The lowest BCUT2D eigenvalue weighted by Gasteiger charge is -2.27. The summed E-state index contributed by atoms with van der Waals surface area (Å²) in [7, 11) is 0. The van der Waals surface area contributed by atoms with Crippen molar-refractivity contribution in [3.8, 4) is 0 Å². The summed E-state index contributed by atoms with van der Waals surface area (Å²) < 4.78 is 27.1. The van der Waals surface area contributed by atoms with Crippen molar-refractivity contribution in [2.45, 2.75) is 25.9 Å². The predicted octanol–water partition coefficient (Wildman–Crippen LogP) is 2.31. The Morgan fingerprint density at radius 1 is 1.24 bits per heavy atom. The lowest BCUT2D eigenvalue weighted by Crippen LogP contribution is -2.31. The molecule has 1 aromatic carbocycles. The molecule has 17 heavy (non-hydrogen) atoms. The van der Waals surface area contributed by atoms with E-state index in [1.165, 1.54) is 6.92 Å². The molecule has 0 amide bonds. The summed E-state index contributed by atoms with van der Waals surface area (Å²) in [5, 5.41) is 13.3. The molecule has 0 spiro atoms. The van der Waals surface area contributed by atoms with E-state index < -0.39 is 17.7 Å². The normalized spacial score (nSPS) is 19.3. The standard InChI is InChI=1S/C13H17F2NO/c1-8-6-12(15)10(7-11(8)14)13(17)9-2-4-16-5-3-9/h6-7,9,13,16-17H,2-5H2,1H3. The van der Waals surface area contributed by atoms with Gasteiger partial charge in [-0.05, 0) is 56.5 Å². The Morgan fingerprint density at radius 3 is 2.53 bits per heavy atom. The minimum atomic E-state index is -0.910. The van der Waals surface area contributed by atoms with Crippen LogP contribution in [-0.4, -0.2) is 18.2 Å². The Bertz CT molecular complexity index is 403. The molecular weight excluding hydrogens is 224 g/mol. The van der Waals surface area contributed by atoms with Crippen molar-refractivity contribution in [1.82, 2.24) is 5.32 Å². The number of hydrogen-bond donors (Lipinski definition) is 2. The van der Waals surface area contributed by atoms with Gasteiger partial charge in [0.2, 0.25) is 0 Å². The minimum absolute atomic E-state index is 0.00727. The van der Waals surface area contributed by atoms with E-state index in [1.54, 1.807) is 0 Å². The van der Waals surface area contributed by atoms with Crippen LogP contribution in [0.1, 0.15) is 30.1 Å². The van der Waals surface area contributed by atoms with Crippen LogP contribution in [0.2, 0.25) is 0 Å². The number of aliphatic hydroxyl groups excluding tert-OH is 1. The van der Waals surface area contributed by atoms with Gasteiger partial charge in [0.05, 0.1) is 6.10 Å². The zero-order valence-electron chi connectivity index (χ0n) is 9.84. The Hall–Kier alpha value is -1.00. The third-order valence-corrected chi connectivity index (χ3v) is 3.43. The average molecular weight is 241 g/mol. The number of rotatable bonds is 2. The first-order valence-corrected chi connectivity index (χ1v) is 5.94. The average Bonchev–Trinajstić information content (AvgIpc) is 2.34. The third-order valence-electron chi connectivity index (χ3n) is 3.43. The van der Waals surface area contributed by atoms with Crippen LogP contribution in [0.3, 0.4) is 0 Å². The summed E-state index contributed by atoms with van der Waals surface area (Å²) in [6.07, 6.45) is 0.666. The van der Waals surface area contributed by atoms with Crippen LogP contribution >= 0.6 is 0 Å². The molecule has 1 aromatic rings. The van der Waals surface area contributed by atoms with Gasteiger partial charge in [-0.15, -0.1) is 0 Å². The van der Waals surface area contributed by atoms with Gasteiger partial charge in [0, 0.05) is 5.56 Å². The van der Waals surface area contributed by atoms with E-state index in [1.807, 2.05) is 0 Å². The van der Waals surface area contributed by atoms with E-state index >= 15 is 0 Å². The Morgan fingerprint density at radius 2 is 1.88 bits per heavy atom. The first kappa shape index (κ1) is 12.5. The quantitative estimate of drug-likeness (QED) is 0.832. The second-order valence-corrected chi connectivity index (χ2v) is 4.66. The van der Waals surface area contributed by atoms with Gasteiger partial charge >= 0.3 is 0 Å². The number of aryl methyl sites for hydroxylation is 1. The molecule has 0 aromatic heterocycles. The summed E-state index contributed by atoms with van der Waals surface area (Å²) in [6.45, 7) is 3.15. The Balaban J connectivity index is 2.23. The molecular formula is C13H17F2NO.